The van der Waals surface area contributed by atoms with Crippen LogP contribution in [0.2, 0.25) is 0 Å². The van der Waals surface area contributed by atoms with Crippen molar-refractivity contribution in [3.8, 4) is 0 Å². The summed E-state index contributed by atoms with van der Waals surface area (Å²) in [5.74, 6) is 2.47. The number of anilines is 1. The molecule has 1 atom stereocenters. The zero-order chi connectivity index (χ0) is 12.6. The molecule has 0 bridgehead atoms. The molecule has 4 heteroatoms. The smallest absolute Gasteiger partial charge is 0.0651 e. The quantitative estimate of drug-likeness (QED) is 0.869. The lowest BCUT2D eigenvalue weighted by atomic mass is 9.82. The fourth-order valence-electron chi connectivity index (χ4n) is 2.41. The van der Waals surface area contributed by atoms with Crippen molar-refractivity contribution in [2.24, 2.45) is 5.41 Å². The highest BCUT2D eigenvalue weighted by Gasteiger charge is 2.32. The van der Waals surface area contributed by atoms with Gasteiger partial charge in [-0.15, -0.1) is 0 Å². The van der Waals surface area contributed by atoms with Crippen molar-refractivity contribution in [3.63, 3.8) is 0 Å². The van der Waals surface area contributed by atoms with Crippen molar-refractivity contribution in [1.82, 2.24) is 10.2 Å². The van der Waals surface area contributed by atoms with Crippen molar-refractivity contribution in [2.75, 3.05) is 16.8 Å². The number of thioether (sulfide) groups is 1. The Bertz CT molecular complexity index is 547. The van der Waals surface area contributed by atoms with E-state index in [9.17, 15) is 0 Å². The van der Waals surface area contributed by atoms with E-state index in [2.05, 4.69) is 47.6 Å². The summed E-state index contributed by atoms with van der Waals surface area (Å²) in [6.45, 7) is 4.72. The Hall–Kier alpha value is -1.16. The Morgan fingerprint density at radius 2 is 2.33 bits per heavy atom. The van der Waals surface area contributed by atoms with Gasteiger partial charge in [0.2, 0.25) is 0 Å². The van der Waals surface area contributed by atoms with Crippen LogP contribution in [0.4, 0.5) is 5.69 Å². The van der Waals surface area contributed by atoms with Crippen LogP contribution in [0.3, 0.4) is 0 Å². The first kappa shape index (κ1) is 11.9. The van der Waals surface area contributed by atoms with Gasteiger partial charge in [-0.25, -0.2) is 0 Å². The molecule has 2 aromatic rings. The van der Waals surface area contributed by atoms with Gasteiger partial charge in [-0.1, -0.05) is 13.8 Å². The number of fused-ring (bicyclic) bond motifs is 1. The second-order valence-electron chi connectivity index (χ2n) is 5.68. The minimum Gasteiger partial charge on any atom is -0.381 e. The summed E-state index contributed by atoms with van der Waals surface area (Å²) >= 11 is 2.05. The topological polar surface area (TPSA) is 40.7 Å². The summed E-state index contributed by atoms with van der Waals surface area (Å²) in [5, 5.41) is 11.9. The molecule has 1 unspecified atom stereocenters. The highest BCUT2D eigenvalue weighted by atomic mass is 32.2. The lowest BCUT2D eigenvalue weighted by molar-refractivity contribution is 0.305. The molecule has 0 saturated carbocycles. The standard InChI is InChI=1S/C14H19N3S/c1-14(2)5-6-18-9-13(14)16-11-3-4-12-10(7-11)8-15-17-12/h3-4,7-8,13,16H,5-6,9H2,1-2H3,(H,15,17). The zero-order valence-corrected chi connectivity index (χ0v) is 11.7. The lowest BCUT2D eigenvalue weighted by Gasteiger charge is -2.39. The van der Waals surface area contributed by atoms with Crippen molar-refractivity contribution in [2.45, 2.75) is 26.3 Å². The first-order valence-electron chi connectivity index (χ1n) is 6.43. The second kappa shape index (κ2) is 4.50. The number of nitrogens with zero attached hydrogens (tertiary/aromatic N) is 1. The highest BCUT2D eigenvalue weighted by molar-refractivity contribution is 7.99. The lowest BCUT2D eigenvalue weighted by Crippen LogP contribution is -2.41. The third-order valence-corrected chi connectivity index (χ3v) is 4.96. The minimum atomic E-state index is 0.372. The van der Waals surface area contributed by atoms with Crippen LogP contribution in [-0.4, -0.2) is 27.7 Å². The van der Waals surface area contributed by atoms with Crippen LogP contribution in [-0.2, 0) is 0 Å². The van der Waals surface area contributed by atoms with Gasteiger partial charge in [0, 0.05) is 22.9 Å². The van der Waals surface area contributed by atoms with Gasteiger partial charge in [-0.05, 0) is 35.8 Å². The second-order valence-corrected chi connectivity index (χ2v) is 6.83. The van der Waals surface area contributed by atoms with Gasteiger partial charge in [-0.2, -0.15) is 16.9 Å². The summed E-state index contributed by atoms with van der Waals surface area (Å²) in [6.07, 6.45) is 3.16. The molecule has 96 valence electrons. The molecule has 3 rings (SSSR count). The van der Waals surface area contributed by atoms with Crippen molar-refractivity contribution < 1.29 is 0 Å². The maximum absolute atomic E-state index is 4.06. The molecule has 2 N–H and O–H groups in total. The van der Waals surface area contributed by atoms with E-state index < -0.39 is 0 Å². The molecule has 1 aliphatic heterocycles. The Kier molecular flexibility index (Phi) is 2.98. The number of rotatable bonds is 2. The third kappa shape index (κ3) is 2.21. The number of benzene rings is 1. The Labute approximate surface area is 112 Å². The van der Waals surface area contributed by atoms with E-state index in [4.69, 9.17) is 0 Å². The van der Waals surface area contributed by atoms with Crippen molar-refractivity contribution in [1.29, 1.82) is 0 Å². The van der Waals surface area contributed by atoms with E-state index in [1.807, 2.05) is 18.0 Å². The SMILES string of the molecule is CC1(C)CCSCC1Nc1ccc2[nH]ncc2c1. The van der Waals surface area contributed by atoms with Crippen LogP contribution in [0.5, 0.6) is 0 Å². The average molecular weight is 261 g/mol. The molecule has 1 fully saturated rings. The van der Waals surface area contributed by atoms with Crippen LogP contribution >= 0.6 is 11.8 Å². The van der Waals surface area contributed by atoms with Crippen LogP contribution < -0.4 is 5.32 Å². The third-order valence-electron chi connectivity index (χ3n) is 3.90. The van der Waals surface area contributed by atoms with Crippen LogP contribution in [0.15, 0.2) is 24.4 Å². The van der Waals surface area contributed by atoms with Crippen LogP contribution in [0, 0.1) is 5.41 Å². The highest BCUT2D eigenvalue weighted by Crippen LogP contribution is 2.36. The molecule has 1 aromatic heterocycles. The van der Waals surface area contributed by atoms with E-state index in [0.29, 0.717) is 11.5 Å². The molecule has 18 heavy (non-hydrogen) atoms. The molecule has 0 spiro atoms. The van der Waals surface area contributed by atoms with E-state index in [1.165, 1.54) is 29.0 Å². The van der Waals surface area contributed by atoms with E-state index in [-0.39, 0.29) is 0 Å². The molecule has 0 radical (unpaired) electrons. The van der Waals surface area contributed by atoms with Crippen molar-refractivity contribution >= 4 is 28.4 Å². The monoisotopic (exact) mass is 261 g/mol. The average Bonchev–Trinajstić information content (AvgIpc) is 2.79. The Balaban J connectivity index is 1.82. The number of aromatic amines is 1. The first-order valence-corrected chi connectivity index (χ1v) is 7.58. The van der Waals surface area contributed by atoms with Gasteiger partial charge in [0.1, 0.15) is 0 Å². The maximum Gasteiger partial charge on any atom is 0.0651 e. The van der Waals surface area contributed by atoms with Gasteiger partial charge in [0.05, 0.1) is 11.7 Å². The van der Waals surface area contributed by atoms with E-state index in [1.54, 1.807) is 0 Å². The number of aromatic nitrogens is 2. The fraction of sp³-hybridized carbons (Fsp3) is 0.500. The molecule has 2 heterocycles. The normalized spacial score (nSPS) is 23.1. The minimum absolute atomic E-state index is 0.372. The zero-order valence-electron chi connectivity index (χ0n) is 10.9. The largest absolute Gasteiger partial charge is 0.381 e. The summed E-state index contributed by atoms with van der Waals surface area (Å²) in [5.41, 5.74) is 2.67. The number of hydrogen-bond donors (Lipinski definition) is 2. The van der Waals surface area contributed by atoms with Crippen molar-refractivity contribution in [3.05, 3.63) is 24.4 Å². The van der Waals surface area contributed by atoms with E-state index in [0.717, 1.165) is 5.52 Å². The van der Waals surface area contributed by atoms with E-state index >= 15 is 0 Å². The Morgan fingerprint density at radius 1 is 1.44 bits per heavy atom. The molecule has 1 aliphatic rings. The summed E-state index contributed by atoms with van der Waals surface area (Å²) < 4.78 is 0. The van der Waals surface area contributed by atoms with Crippen LogP contribution in [0.1, 0.15) is 20.3 Å². The number of hydrogen-bond acceptors (Lipinski definition) is 3. The molecule has 1 saturated heterocycles. The molecular weight excluding hydrogens is 242 g/mol. The number of nitrogens with one attached hydrogen (secondary N) is 2. The molecule has 0 amide bonds. The summed E-state index contributed by atoms with van der Waals surface area (Å²) in [6, 6.07) is 6.94. The van der Waals surface area contributed by atoms with Gasteiger partial charge in [-0.3, -0.25) is 5.10 Å². The fourth-order valence-corrected chi connectivity index (χ4v) is 4.01. The van der Waals surface area contributed by atoms with Gasteiger partial charge in [0.15, 0.2) is 0 Å². The van der Waals surface area contributed by atoms with Gasteiger partial charge in [0.25, 0.3) is 0 Å². The van der Waals surface area contributed by atoms with Gasteiger partial charge >= 0.3 is 0 Å². The molecular formula is C14H19N3S. The molecule has 0 aliphatic carbocycles. The predicted molar refractivity (Wildman–Crippen MR) is 79.2 cm³/mol. The maximum atomic E-state index is 4.06. The Morgan fingerprint density at radius 3 is 3.17 bits per heavy atom. The predicted octanol–water partition coefficient (Wildman–Crippen LogP) is 3.51. The number of H-pyrrole nitrogens is 1. The van der Waals surface area contributed by atoms with Crippen LogP contribution in [0.25, 0.3) is 10.9 Å². The van der Waals surface area contributed by atoms with Gasteiger partial charge < -0.3 is 5.32 Å². The molecule has 3 nitrogen and oxygen atoms in total. The summed E-state index contributed by atoms with van der Waals surface area (Å²) in [4.78, 5) is 0. The summed E-state index contributed by atoms with van der Waals surface area (Å²) in [7, 11) is 0. The molecule has 1 aromatic carbocycles. The first-order chi connectivity index (χ1) is 8.65.